The van der Waals surface area contributed by atoms with Gasteiger partial charge in [0.25, 0.3) is 0 Å². The number of rotatable bonds is 6. The lowest BCUT2D eigenvalue weighted by atomic mass is 10.1. The number of benzene rings is 1. The number of ether oxygens (including phenoxy) is 1. The number of hydrogen-bond acceptors (Lipinski definition) is 2. The highest BCUT2D eigenvalue weighted by molar-refractivity contribution is 7.80. The lowest BCUT2D eigenvalue weighted by Crippen LogP contribution is -2.09. The maximum Gasteiger partial charge on any atom is 0.123 e. The Kier molecular flexibility index (Phi) is 5.19. The molecule has 0 fully saturated rings. The molecule has 2 nitrogen and oxygen atoms in total. The Morgan fingerprint density at radius 1 is 1.50 bits per heavy atom. The van der Waals surface area contributed by atoms with Crippen molar-refractivity contribution in [3.8, 4) is 5.75 Å². The molecule has 0 aromatic heterocycles. The predicted octanol–water partition coefficient (Wildman–Crippen LogP) is 2.83. The van der Waals surface area contributed by atoms with Crippen molar-refractivity contribution in [3.05, 3.63) is 29.6 Å². The quantitative estimate of drug-likeness (QED) is 0.778. The molecule has 0 amide bonds. The van der Waals surface area contributed by atoms with Gasteiger partial charge in [-0.25, -0.2) is 4.39 Å². The zero-order valence-electron chi connectivity index (χ0n) is 9.33. The van der Waals surface area contributed by atoms with Gasteiger partial charge in [0.05, 0.1) is 11.6 Å². The zero-order chi connectivity index (χ0) is 12.0. The minimum atomic E-state index is -0.262. The Morgan fingerprint density at radius 3 is 2.88 bits per heavy atom. The van der Waals surface area contributed by atoms with E-state index in [9.17, 15) is 4.39 Å². The van der Waals surface area contributed by atoms with E-state index in [0.29, 0.717) is 24.4 Å². The zero-order valence-corrected chi connectivity index (χ0v) is 10.1. The highest BCUT2D eigenvalue weighted by atomic mass is 32.1. The first-order valence-electron chi connectivity index (χ1n) is 5.33. The van der Waals surface area contributed by atoms with Crippen molar-refractivity contribution in [2.45, 2.75) is 26.2 Å². The van der Waals surface area contributed by atoms with Crippen molar-refractivity contribution < 1.29 is 9.13 Å². The summed E-state index contributed by atoms with van der Waals surface area (Å²) in [7, 11) is 0. The summed E-state index contributed by atoms with van der Waals surface area (Å²) in [6, 6.07) is 4.53. The summed E-state index contributed by atoms with van der Waals surface area (Å²) >= 11 is 4.80. The van der Waals surface area contributed by atoms with Gasteiger partial charge in [0, 0.05) is 6.42 Å². The first-order valence-corrected chi connectivity index (χ1v) is 5.74. The maximum absolute atomic E-state index is 13.1. The summed E-state index contributed by atoms with van der Waals surface area (Å²) in [4.78, 5) is 0.436. The Balaban J connectivity index is 2.76. The second-order valence-electron chi connectivity index (χ2n) is 3.57. The second-order valence-corrected chi connectivity index (χ2v) is 4.09. The fourth-order valence-electron chi connectivity index (χ4n) is 1.35. The molecule has 1 aromatic carbocycles. The van der Waals surface area contributed by atoms with Crippen molar-refractivity contribution in [3.63, 3.8) is 0 Å². The lowest BCUT2D eigenvalue weighted by molar-refractivity contribution is 0.313. The molecule has 0 aliphatic carbocycles. The van der Waals surface area contributed by atoms with Crippen LogP contribution in [0.15, 0.2) is 18.2 Å². The summed E-state index contributed by atoms with van der Waals surface area (Å²) < 4.78 is 18.6. The molecule has 4 heteroatoms. The van der Waals surface area contributed by atoms with Gasteiger partial charge in [0.1, 0.15) is 11.6 Å². The molecular weight excluding hydrogens is 225 g/mol. The smallest absolute Gasteiger partial charge is 0.123 e. The third-order valence-electron chi connectivity index (χ3n) is 2.12. The first kappa shape index (κ1) is 12.9. The molecule has 88 valence electrons. The van der Waals surface area contributed by atoms with Gasteiger partial charge in [0.15, 0.2) is 0 Å². The van der Waals surface area contributed by atoms with Crippen molar-refractivity contribution in [1.82, 2.24) is 0 Å². The topological polar surface area (TPSA) is 35.2 Å². The van der Waals surface area contributed by atoms with Crippen LogP contribution in [0.25, 0.3) is 0 Å². The Morgan fingerprint density at radius 2 is 2.25 bits per heavy atom. The standard InChI is InChI=1S/C12H16FNOS/c1-2-7-15-11-5-4-10(13)8-9(11)3-6-12(14)16/h4-5,8H,2-3,6-7H2,1H3,(H2,14,16). The van der Waals surface area contributed by atoms with Crippen LogP contribution in [-0.4, -0.2) is 11.6 Å². The second kappa shape index (κ2) is 6.43. The molecule has 0 spiro atoms. The van der Waals surface area contributed by atoms with Crippen LogP contribution < -0.4 is 10.5 Å². The van der Waals surface area contributed by atoms with E-state index >= 15 is 0 Å². The van der Waals surface area contributed by atoms with Crippen LogP contribution in [0.4, 0.5) is 4.39 Å². The van der Waals surface area contributed by atoms with E-state index in [-0.39, 0.29) is 5.82 Å². The minimum absolute atomic E-state index is 0.262. The normalized spacial score (nSPS) is 10.1. The SMILES string of the molecule is CCCOc1ccc(F)cc1CCC(N)=S. The van der Waals surface area contributed by atoms with Crippen LogP contribution in [0, 0.1) is 5.82 Å². The van der Waals surface area contributed by atoms with Crippen LogP contribution in [0.2, 0.25) is 0 Å². The van der Waals surface area contributed by atoms with Crippen molar-refractivity contribution in [2.75, 3.05) is 6.61 Å². The Labute approximate surface area is 101 Å². The van der Waals surface area contributed by atoms with E-state index in [4.69, 9.17) is 22.7 Å². The third-order valence-corrected chi connectivity index (χ3v) is 2.33. The van der Waals surface area contributed by atoms with E-state index in [1.807, 2.05) is 6.92 Å². The van der Waals surface area contributed by atoms with Crippen molar-refractivity contribution in [2.24, 2.45) is 5.73 Å². The molecule has 0 bridgehead atoms. The van der Waals surface area contributed by atoms with Gasteiger partial charge in [-0.3, -0.25) is 0 Å². The average molecular weight is 241 g/mol. The van der Waals surface area contributed by atoms with E-state index in [0.717, 1.165) is 17.7 Å². The van der Waals surface area contributed by atoms with Crippen LogP contribution in [-0.2, 0) is 6.42 Å². The predicted molar refractivity (Wildman–Crippen MR) is 67.3 cm³/mol. The summed E-state index contributed by atoms with van der Waals surface area (Å²) in [5.41, 5.74) is 6.25. The van der Waals surface area contributed by atoms with Crippen molar-refractivity contribution >= 4 is 17.2 Å². The molecule has 0 unspecified atom stereocenters. The molecule has 0 aliphatic rings. The highest BCUT2D eigenvalue weighted by Gasteiger charge is 2.05. The molecule has 0 radical (unpaired) electrons. The monoisotopic (exact) mass is 241 g/mol. The summed E-state index contributed by atoms with van der Waals surface area (Å²) in [5, 5.41) is 0. The lowest BCUT2D eigenvalue weighted by Gasteiger charge is -2.10. The molecule has 0 saturated carbocycles. The van der Waals surface area contributed by atoms with Crippen LogP contribution >= 0.6 is 12.2 Å². The molecule has 2 N–H and O–H groups in total. The number of halogens is 1. The summed E-state index contributed by atoms with van der Waals surface area (Å²) in [6.07, 6.45) is 2.11. The van der Waals surface area contributed by atoms with Crippen LogP contribution in [0.5, 0.6) is 5.75 Å². The van der Waals surface area contributed by atoms with Crippen molar-refractivity contribution in [1.29, 1.82) is 0 Å². The molecule has 1 rings (SSSR count). The van der Waals surface area contributed by atoms with Gasteiger partial charge in [-0.15, -0.1) is 0 Å². The van der Waals surface area contributed by atoms with E-state index in [1.165, 1.54) is 12.1 Å². The minimum Gasteiger partial charge on any atom is -0.493 e. The largest absolute Gasteiger partial charge is 0.493 e. The fourth-order valence-corrected chi connectivity index (χ4v) is 1.46. The molecule has 1 aromatic rings. The average Bonchev–Trinajstić information content (AvgIpc) is 2.25. The number of aryl methyl sites for hydroxylation is 1. The molecule has 0 saturated heterocycles. The number of hydrogen-bond donors (Lipinski definition) is 1. The molecule has 0 aliphatic heterocycles. The van der Waals surface area contributed by atoms with Gasteiger partial charge >= 0.3 is 0 Å². The van der Waals surface area contributed by atoms with Gasteiger partial charge < -0.3 is 10.5 Å². The fraction of sp³-hybridized carbons (Fsp3) is 0.417. The summed E-state index contributed by atoms with van der Waals surface area (Å²) in [5.74, 6) is 0.460. The molecule has 16 heavy (non-hydrogen) atoms. The summed E-state index contributed by atoms with van der Waals surface area (Å²) in [6.45, 7) is 2.66. The number of thiocarbonyl (C=S) groups is 1. The van der Waals surface area contributed by atoms with E-state index in [2.05, 4.69) is 0 Å². The third kappa shape index (κ3) is 4.14. The van der Waals surface area contributed by atoms with Gasteiger partial charge in [0.2, 0.25) is 0 Å². The van der Waals surface area contributed by atoms with E-state index < -0.39 is 0 Å². The van der Waals surface area contributed by atoms with Crippen LogP contribution in [0.3, 0.4) is 0 Å². The van der Waals surface area contributed by atoms with Crippen LogP contribution in [0.1, 0.15) is 25.3 Å². The van der Waals surface area contributed by atoms with Gasteiger partial charge in [-0.2, -0.15) is 0 Å². The highest BCUT2D eigenvalue weighted by Crippen LogP contribution is 2.21. The number of nitrogens with two attached hydrogens (primary N) is 1. The molecule has 0 atom stereocenters. The Bertz CT molecular complexity index is 368. The Hall–Kier alpha value is -1.16. The van der Waals surface area contributed by atoms with E-state index in [1.54, 1.807) is 6.07 Å². The molecule has 0 heterocycles. The first-order chi connectivity index (χ1) is 7.63. The van der Waals surface area contributed by atoms with Gasteiger partial charge in [-0.1, -0.05) is 19.1 Å². The molecular formula is C12H16FNOS. The maximum atomic E-state index is 13.1. The van der Waals surface area contributed by atoms with Gasteiger partial charge in [-0.05, 0) is 36.6 Å².